The topological polar surface area (TPSA) is 46.4 Å². The molecular formula is C23H20BrN3OS. The summed E-state index contributed by atoms with van der Waals surface area (Å²) in [5.74, 6) is -0.118. The van der Waals surface area contributed by atoms with Gasteiger partial charge in [0, 0.05) is 21.5 Å². The van der Waals surface area contributed by atoms with Gasteiger partial charge < -0.3 is 9.88 Å². The van der Waals surface area contributed by atoms with Crippen LogP contribution in [0.4, 0.5) is 5.69 Å². The van der Waals surface area contributed by atoms with E-state index in [4.69, 9.17) is 0 Å². The van der Waals surface area contributed by atoms with Crippen LogP contribution in [0, 0.1) is 20.8 Å². The Morgan fingerprint density at radius 1 is 1.07 bits per heavy atom. The zero-order valence-corrected chi connectivity index (χ0v) is 18.8. The first-order valence-corrected chi connectivity index (χ1v) is 10.8. The molecule has 3 aromatic rings. The second kappa shape index (κ2) is 8.05. The molecule has 1 fully saturated rings. The number of amides is 1. The number of nitrogens with zero attached hydrogens (tertiary/aromatic N) is 2. The van der Waals surface area contributed by atoms with Gasteiger partial charge in [-0.25, -0.2) is 4.99 Å². The lowest BCUT2D eigenvalue weighted by atomic mass is 10.2. The van der Waals surface area contributed by atoms with Gasteiger partial charge in [-0.05, 0) is 86.1 Å². The Morgan fingerprint density at radius 2 is 1.83 bits per heavy atom. The Hall–Kier alpha value is -2.57. The van der Waals surface area contributed by atoms with E-state index in [1.54, 1.807) is 0 Å². The molecule has 0 spiro atoms. The second-order valence-electron chi connectivity index (χ2n) is 6.91. The average Bonchev–Trinajstić information content (AvgIpc) is 3.17. The number of nitrogens with one attached hydrogen (secondary N) is 1. The van der Waals surface area contributed by atoms with Gasteiger partial charge in [-0.3, -0.25) is 4.79 Å². The number of amidine groups is 1. The predicted molar refractivity (Wildman–Crippen MR) is 125 cm³/mol. The molecule has 146 valence electrons. The highest BCUT2D eigenvalue weighted by atomic mass is 79.9. The first kappa shape index (κ1) is 19.7. The van der Waals surface area contributed by atoms with Crippen molar-refractivity contribution in [3.05, 3.63) is 86.5 Å². The average molecular weight is 466 g/mol. The molecule has 1 aromatic heterocycles. The number of thioether (sulfide) groups is 1. The first-order chi connectivity index (χ1) is 13.9. The first-order valence-electron chi connectivity index (χ1n) is 9.22. The highest BCUT2D eigenvalue weighted by Crippen LogP contribution is 2.31. The van der Waals surface area contributed by atoms with Crippen LogP contribution >= 0.6 is 27.7 Å². The number of hydrogen-bond acceptors (Lipinski definition) is 3. The van der Waals surface area contributed by atoms with Crippen LogP contribution in [0.1, 0.15) is 22.5 Å². The van der Waals surface area contributed by atoms with Crippen molar-refractivity contribution in [1.82, 2.24) is 9.88 Å². The molecule has 0 saturated carbocycles. The standard InChI is InChI=1S/C23H20BrN3OS/c1-14-11-18(24)9-10-20(14)25-23-26-22(28)21(29-23)13-17-12-15(2)27(16(17)3)19-7-5-4-6-8-19/h4-13H,1-3H3,(H,25,26,28)/b21-13-. The number of para-hydroxylation sites is 1. The molecule has 4 nitrogen and oxygen atoms in total. The van der Waals surface area contributed by atoms with Crippen LogP contribution in [0.3, 0.4) is 0 Å². The summed E-state index contributed by atoms with van der Waals surface area (Å²) >= 11 is 4.83. The van der Waals surface area contributed by atoms with E-state index < -0.39 is 0 Å². The van der Waals surface area contributed by atoms with E-state index in [1.165, 1.54) is 11.8 Å². The van der Waals surface area contributed by atoms with Gasteiger partial charge in [0.25, 0.3) is 5.91 Å². The molecule has 0 aliphatic carbocycles. The number of hydrogen-bond donors (Lipinski definition) is 1. The third-order valence-corrected chi connectivity index (χ3v) is 6.21. The minimum atomic E-state index is -0.118. The fourth-order valence-electron chi connectivity index (χ4n) is 3.38. The zero-order chi connectivity index (χ0) is 20.5. The minimum Gasteiger partial charge on any atom is -0.318 e. The Kier molecular flexibility index (Phi) is 5.48. The van der Waals surface area contributed by atoms with Gasteiger partial charge in [0.1, 0.15) is 0 Å². The monoisotopic (exact) mass is 465 g/mol. The van der Waals surface area contributed by atoms with Crippen molar-refractivity contribution >= 4 is 50.5 Å². The molecule has 6 heteroatoms. The largest absolute Gasteiger partial charge is 0.318 e. The lowest BCUT2D eigenvalue weighted by Crippen LogP contribution is -2.19. The van der Waals surface area contributed by atoms with Crippen molar-refractivity contribution in [2.75, 3.05) is 0 Å². The summed E-state index contributed by atoms with van der Waals surface area (Å²) in [6, 6.07) is 18.2. The van der Waals surface area contributed by atoms with Crippen molar-refractivity contribution < 1.29 is 4.79 Å². The maximum absolute atomic E-state index is 12.5. The van der Waals surface area contributed by atoms with E-state index in [0.717, 1.165) is 38.4 Å². The van der Waals surface area contributed by atoms with E-state index in [0.29, 0.717) is 10.1 Å². The molecule has 1 aliphatic rings. The minimum absolute atomic E-state index is 0.118. The summed E-state index contributed by atoms with van der Waals surface area (Å²) in [4.78, 5) is 17.8. The van der Waals surface area contributed by atoms with E-state index in [2.05, 4.69) is 62.9 Å². The molecule has 2 aromatic carbocycles. The summed E-state index contributed by atoms with van der Waals surface area (Å²) in [5, 5.41) is 3.47. The molecule has 2 heterocycles. The maximum atomic E-state index is 12.5. The summed E-state index contributed by atoms with van der Waals surface area (Å²) in [5.41, 5.74) is 6.27. The molecule has 1 aliphatic heterocycles. The summed E-state index contributed by atoms with van der Waals surface area (Å²) in [7, 11) is 0. The molecule has 1 N–H and O–H groups in total. The number of aliphatic imine (C=N–C) groups is 1. The summed E-state index contributed by atoms with van der Waals surface area (Å²) < 4.78 is 3.21. The van der Waals surface area contributed by atoms with Gasteiger partial charge in [0.15, 0.2) is 5.17 Å². The van der Waals surface area contributed by atoms with Crippen molar-refractivity contribution in [3.8, 4) is 5.69 Å². The van der Waals surface area contributed by atoms with Crippen molar-refractivity contribution in [1.29, 1.82) is 0 Å². The number of carbonyl (C=O) groups is 1. The van der Waals surface area contributed by atoms with E-state index in [9.17, 15) is 4.79 Å². The van der Waals surface area contributed by atoms with E-state index >= 15 is 0 Å². The molecule has 0 bridgehead atoms. The van der Waals surface area contributed by atoms with Crippen molar-refractivity contribution in [2.45, 2.75) is 20.8 Å². The number of aromatic nitrogens is 1. The molecule has 1 saturated heterocycles. The van der Waals surface area contributed by atoms with Gasteiger partial charge >= 0.3 is 0 Å². The number of aryl methyl sites for hydroxylation is 2. The quantitative estimate of drug-likeness (QED) is 0.478. The van der Waals surface area contributed by atoms with Crippen LogP contribution in [0.25, 0.3) is 11.8 Å². The van der Waals surface area contributed by atoms with Crippen LogP contribution in [0.5, 0.6) is 0 Å². The van der Waals surface area contributed by atoms with Crippen LogP contribution < -0.4 is 5.32 Å². The zero-order valence-electron chi connectivity index (χ0n) is 16.4. The number of benzene rings is 2. The van der Waals surface area contributed by atoms with E-state index in [1.807, 2.05) is 49.4 Å². The molecule has 4 rings (SSSR count). The Balaban J connectivity index is 1.64. The Bertz CT molecular complexity index is 1160. The number of carbonyl (C=O) groups excluding carboxylic acids is 1. The SMILES string of the molecule is Cc1cc(Br)ccc1N=C1NC(=O)/C(=C/c2cc(C)n(-c3ccccc3)c2C)S1. The van der Waals surface area contributed by atoms with Crippen LogP contribution in [-0.2, 0) is 4.79 Å². The lowest BCUT2D eigenvalue weighted by Gasteiger charge is -2.09. The number of halogens is 1. The fraction of sp³-hybridized carbons (Fsp3) is 0.130. The van der Waals surface area contributed by atoms with Gasteiger partial charge in [0.05, 0.1) is 10.6 Å². The summed E-state index contributed by atoms with van der Waals surface area (Å²) in [6.45, 7) is 6.15. The predicted octanol–water partition coefficient (Wildman–Crippen LogP) is 6.06. The molecular weight excluding hydrogens is 446 g/mol. The van der Waals surface area contributed by atoms with Crippen LogP contribution in [0.15, 0.2) is 69.0 Å². The molecule has 0 atom stereocenters. The van der Waals surface area contributed by atoms with Crippen LogP contribution in [-0.4, -0.2) is 15.6 Å². The van der Waals surface area contributed by atoms with Gasteiger partial charge in [-0.2, -0.15) is 0 Å². The molecule has 0 unspecified atom stereocenters. The highest BCUT2D eigenvalue weighted by Gasteiger charge is 2.24. The fourth-order valence-corrected chi connectivity index (χ4v) is 4.68. The normalized spacial score (nSPS) is 16.6. The molecule has 29 heavy (non-hydrogen) atoms. The Labute approximate surface area is 182 Å². The lowest BCUT2D eigenvalue weighted by molar-refractivity contribution is -0.115. The highest BCUT2D eigenvalue weighted by molar-refractivity contribution is 9.10. The third kappa shape index (κ3) is 4.09. The van der Waals surface area contributed by atoms with Gasteiger partial charge in [0.2, 0.25) is 0 Å². The third-order valence-electron chi connectivity index (χ3n) is 4.80. The van der Waals surface area contributed by atoms with Crippen LogP contribution in [0.2, 0.25) is 0 Å². The second-order valence-corrected chi connectivity index (χ2v) is 8.86. The van der Waals surface area contributed by atoms with Gasteiger partial charge in [-0.15, -0.1) is 0 Å². The number of rotatable bonds is 3. The molecule has 0 radical (unpaired) electrons. The Morgan fingerprint density at radius 3 is 2.55 bits per heavy atom. The summed E-state index contributed by atoms with van der Waals surface area (Å²) in [6.07, 6.45) is 1.94. The van der Waals surface area contributed by atoms with Crippen molar-refractivity contribution in [2.24, 2.45) is 4.99 Å². The van der Waals surface area contributed by atoms with Gasteiger partial charge in [-0.1, -0.05) is 34.1 Å². The van der Waals surface area contributed by atoms with Crippen molar-refractivity contribution in [3.63, 3.8) is 0 Å². The van der Waals surface area contributed by atoms with E-state index in [-0.39, 0.29) is 5.91 Å². The maximum Gasteiger partial charge on any atom is 0.264 e. The molecule has 1 amide bonds. The smallest absolute Gasteiger partial charge is 0.264 e.